The highest BCUT2D eigenvalue weighted by molar-refractivity contribution is 6.33. The number of aromatic nitrogens is 1. The number of hydrogen-bond donors (Lipinski definition) is 1. The fraction of sp³-hybridized carbons (Fsp3) is 0.393. The lowest BCUT2D eigenvalue weighted by atomic mass is 10.1. The maximum Gasteiger partial charge on any atom is 0.126 e. The summed E-state index contributed by atoms with van der Waals surface area (Å²) in [7, 11) is 1.86. The molecular weight excluding hydrogens is 400 g/mol. The van der Waals surface area contributed by atoms with Gasteiger partial charge in [0.25, 0.3) is 0 Å². The Hall–Kier alpha value is -2.32. The van der Waals surface area contributed by atoms with E-state index in [2.05, 4.69) is 62.3 Å². The lowest BCUT2D eigenvalue weighted by Gasteiger charge is -2.07. The largest absolute Gasteiger partial charge is 0.373 e. The molecule has 0 saturated carbocycles. The normalized spacial score (nSPS) is 9.19. The molecule has 3 aromatic rings. The van der Waals surface area contributed by atoms with E-state index >= 15 is 0 Å². The summed E-state index contributed by atoms with van der Waals surface area (Å²) in [4.78, 5) is 4.49. The molecule has 2 nitrogen and oxygen atoms in total. The van der Waals surface area contributed by atoms with Crippen LogP contribution in [0.4, 0.5) is 5.82 Å². The maximum absolute atomic E-state index is 6.15. The molecule has 0 spiro atoms. The number of benzene rings is 2. The monoisotopic (exact) mass is 440 g/mol. The van der Waals surface area contributed by atoms with Crippen molar-refractivity contribution in [3.8, 4) is 11.3 Å². The van der Waals surface area contributed by atoms with Gasteiger partial charge in [0.2, 0.25) is 0 Å². The Balaban J connectivity index is 0.000000515. The molecule has 0 unspecified atom stereocenters. The van der Waals surface area contributed by atoms with Crippen LogP contribution in [-0.2, 0) is 6.42 Å². The van der Waals surface area contributed by atoms with E-state index in [9.17, 15) is 0 Å². The summed E-state index contributed by atoms with van der Waals surface area (Å²) in [6.45, 7) is 14.7. The predicted octanol–water partition coefficient (Wildman–Crippen LogP) is 9.14. The molecule has 1 N–H and O–H groups in total. The summed E-state index contributed by atoms with van der Waals surface area (Å²) in [6, 6.07) is 20.3. The minimum Gasteiger partial charge on any atom is -0.373 e. The molecule has 0 atom stereocenters. The summed E-state index contributed by atoms with van der Waals surface area (Å²) >= 11 is 6.15. The van der Waals surface area contributed by atoms with Crippen LogP contribution < -0.4 is 5.32 Å². The Morgan fingerprint density at radius 3 is 2.00 bits per heavy atom. The Morgan fingerprint density at radius 2 is 1.45 bits per heavy atom. The second kappa shape index (κ2) is 17.4. The minimum absolute atomic E-state index is 0.725. The quantitative estimate of drug-likeness (QED) is 0.437. The summed E-state index contributed by atoms with van der Waals surface area (Å²) in [5.41, 5.74) is 5.93. The van der Waals surface area contributed by atoms with Gasteiger partial charge in [-0.3, -0.25) is 0 Å². The van der Waals surface area contributed by atoms with E-state index in [1.54, 1.807) is 0 Å². The molecule has 0 saturated heterocycles. The number of aryl methyl sites for hydroxylation is 3. The van der Waals surface area contributed by atoms with Gasteiger partial charge < -0.3 is 5.32 Å². The summed E-state index contributed by atoms with van der Waals surface area (Å²) in [5, 5.41) is 3.77. The third-order valence-electron chi connectivity index (χ3n) is 4.16. The molecule has 0 aliphatic carbocycles. The van der Waals surface area contributed by atoms with Crippen LogP contribution in [0.1, 0.15) is 64.2 Å². The van der Waals surface area contributed by atoms with E-state index in [-0.39, 0.29) is 0 Å². The Labute approximate surface area is 196 Å². The fourth-order valence-electron chi connectivity index (χ4n) is 2.76. The average Bonchev–Trinajstić information content (AvgIpc) is 2.78. The summed E-state index contributed by atoms with van der Waals surface area (Å²) in [5.74, 6) is 0.856. The van der Waals surface area contributed by atoms with Gasteiger partial charge in [-0.05, 0) is 55.2 Å². The van der Waals surface area contributed by atoms with Crippen LogP contribution in [0.2, 0.25) is 5.02 Å². The van der Waals surface area contributed by atoms with Crippen molar-refractivity contribution in [3.63, 3.8) is 0 Å². The summed E-state index contributed by atoms with van der Waals surface area (Å²) < 4.78 is 0. The van der Waals surface area contributed by atoms with Crippen molar-refractivity contribution >= 4 is 17.4 Å². The minimum atomic E-state index is 0.725. The van der Waals surface area contributed by atoms with E-state index in [0.29, 0.717) is 0 Å². The first kappa shape index (κ1) is 28.7. The molecule has 3 rings (SSSR count). The molecule has 0 bridgehead atoms. The highest BCUT2D eigenvalue weighted by atomic mass is 35.5. The number of halogens is 1. The molecule has 1 heterocycles. The number of nitrogens with zero attached hydrogens (tertiary/aromatic N) is 1. The van der Waals surface area contributed by atoms with Gasteiger partial charge in [0.1, 0.15) is 5.82 Å². The smallest absolute Gasteiger partial charge is 0.126 e. The summed E-state index contributed by atoms with van der Waals surface area (Å²) in [6.07, 6.45) is 3.71. The van der Waals surface area contributed by atoms with Gasteiger partial charge >= 0.3 is 0 Å². The van der Waals surface area contributed by atoms with Gasteiger partial charge in [-0.1, -0.05) is 102 Å². The first-order valence-corrected chi connectivity index (χ1v) is 11.8. The van der Waals surface area contributed by atoms with Crippen molar-refractivity contribution in [2.75, 3.05) is 12.4 Å². The van der Waals surface area contributed by atoms with Crippen LogP contribution in [0, 0.1) is 13.8 Å². The number of pyridine rings is 1. The molecular formula is C28H41ClN2. The molecule has 0 aliphatic rings. The Bertz CT molecular complexity index is 859. The zero-order valence-electron chi connectivity index (χ0n) is 20.7. The lowest BCUT2D eigenvalue weighted by Crippen LogP contribution is -1.95. The fourth-order valence-corrected chi connectivity index (χ4v) is 2.99. The molecule has 2 aromatic carbocycles. The number of anilines is 1. The van der Waals surface area contributed by atoms with Crippen molar-refractivity contribution in [2.45, 2.75) is 67.7 Å². The van der Waals surface area contributed by atoms with Crippen LogP contribution in [0.25, 0.3) is 11.3 Å². The number of rotatable bonds is 4. The molecule has 0 radical (unpaired) electrons. The van der Waals surface area contributed by atoms with Gasteiger partial charge in [0.05, 0.1) is 5.69 Å². The molecule has 31 heavy (non-hydrogen) atoms. The van der Waals surface area contributed by atoms with Gasteiger partial charge in [-0.15, -0.1) is 0 Å². The average molecular weight is 441 g/mol. The molecule has 1 aromatic heterocycles. The Kier molecular flexibility index (Phi) is 16.1. The van der Waals surface area contributed by atoms with Gasteiger partial charge in [0.15, 0.2) is 0 Å². The lowest BCUT2D eigenvalue weighted by molar-refractivity contribution is 0.913. The van der Waals surface area contributed by atoms with E-state index in [0.717, 1.165) is 27.7 Å². The van der Waals surface area contributed by atoms with Gasteiger partial charge in [-0.25, -0.2) is 4.98 Å². The standard InChI is InChI=1S/C13H13ClN2.C10H14.C3H8.C2H6/c1-9-7-12(16-13(8-9)15-2)10-5-3-4-6-11(10)14;1-3-6-10-8-5-4-7-9(10)2;1-3-2;1-2/h3-8H,1-2H3,(H,15,16);4-5,7-8H,3,6H2,1-2H3;3H2,1-2H3;1-2H3. The SMILES string of the molecule is CC.CCC.CCCc1ccccc1C.CNc1cc(C)cc(-c2ccccc2Cl)n1. The van der Waals surface area contributed by atoms with E-state index in [1.165, 1.54) is 30.4 Å². The first-order valence-electron chi connectivity index (χ1n) is 11.4. The van der Waals surface area contributed by atoms with Crippen molar-refractivity contribution < 1.29 is 0 Å². The van der Waals surface area contributed by atoms with E-state index in [1.807, 2.05) is 64.2 Å². The maximum atomic E-state index is 6.15. The zero-order valence-corrected chi connectivity index (χ0v) is 21.5. The third-order valence-corrected chi connectivity index (χ3v) is 4.49. The van der Waals surface area contributed by atoms with Crippen LogP contribution in [0.3, 0.4) is 0 Å². The van der Waals surface area contributed by atoms with Crippen LogP contribution in [0.5, 0.6) is 0 Å². The molecule has 0 amide bonds. The van der Waals surface area contributed by atoms with Crippen LogP contribution in [0.15, 0.2) is 60.7 Å². The zero-order chi connectivity index (χ0) is 23.6. The highest BCUT2D eigenvalue weighted by Crippen LogP contribution is 2.27. The number of hydrogen-bond acceptors (Lipinski definition) is 2. The second-order valence-electron chi connectivity index (χ2n) is 7.03. The molecule has 0 fully saturated rings. The van der Waals surface area contributed by atoms with E-state index in [4.69, 9.17) is 11.6 Å². The second-order valence-corrected chi connectivity index (χ2v) is 7.44. The van der Waals surface area contributed by atoms with Crippen molar-refractivity contribution in [1.29, 1.82) is 0 Å². The topological polar surface area (TPSA) is 24.9 Å². The van der Waals surface area contributed by atoms with Gasteiger partial charge in [-0.2, -0.15) is 0 Å². The predicted molar refractivity (Wildman–Crippen MR) is 141 cm³/mol. The highest BCUT2D eigenvalue weighted by Gasteiger charge is 2.05. The van der Waals surface area contributed by atoms with Crippen LogP contribution >= 0.6 is 11.6 Å². The molecule has 170 valence electrons. The number of nitrogens with one attached hydrogen (secondary N) is 1. The molecule has 0 aliphatic heterocycles. The van der Waals surface area contributed by atoms with Crippen LogP contribution in [-0.4, -0.2) is 12.0 Å². The van der Waals surface area contributed by atoms with Gasteiger partial charge in [0, 0.05) is 17.6 Å². The van der Waals surface area contributed by atoms with Crippen molar-refractivity contribution in [3.05, 3.63) is 82.4 Å². The third kappa shape index (κ3) is 11.0. The van der Waals surface area contributed by atoms with Crippen molar-refractivity contribution in [1.82, 2.24) is 4.98 Å². The Morgan fingerprint density at radius 1 is 0.871 bits per heavy atom. The van der Waals surface area contributed by atoms with E-state index < -0.39 is 0 Å². The first-order chi connectivity index (χ1) is 15.0. The molecule has 3 heteroatoms. The van der Waals surface area contributed by atoms with Crippen molar-refractivity contribution in [2.24, 2.45) is 0 Å².